The molecule has 18 heavy (non-hydrogen) atoms. The Kier molecular flexibility index (Phi) is 6.65. The highest BCUT2D eigenvalue weighted by Gasteiger charge is 2.30. The zero-order chi connectivity index (χ0) is 13.4. The highest BCUT2D eigenvalue weighted by molar-refractivity contribution is 5.77. The molecule has 106 valence electrons. The minimum Gasteiger partial charge on any atom is -0.396 e. The standard InChI is InChI=1S/C14H28N2O2/c1-12(2)13(18)16-9-8-15-10-14(11-17)6-4-3-5-7-14/h12,15,17H,3-11H2,1-2H3,(H,16,18). The molecule has 0 aromatic rings. The molecule has 0 aromatic heterocycles. The van der Waals surface area contributed by atoms with Gasteiger partial charge in [-0.1, -0.05) is 33.1 Å². The molecule has 0 unspecified atom stereocenters. The summed E-state index contributed by atoms with van der Waals surface area (Å²) in [4.78, 5) is 11.3. The quantitative estimate of drug-likeness (QED) is 0.602. The minimum atomic E-state index is 0.0483. The van der Waals surface area contributed by atoms with E-state index in [0.29, 0.717) is 6.54 Å². The Balaban J connectivity index is 2.14. The number of hydrogen-bond acceptors (Lipinski definition) is 3. The number of amides is 1. The van der Waals surface area contributed by atoms with Crippen LogP contribution in [0.1, 0.15) is 46.0 Å². The fourth-order valence-electron chi connectivity index (χ4n) is 2.52. The molecule has 0 saturated heterocycles. The van der Waals surface area contributed by atoms with E-state index in [4.69, 9.17) is 0 Å². The van der Waals surface area contributed by atoms with Crippen LogP contribution in [-0.2, 0) is 4.79 Å². The number of carbonyl (C=O) groups is 1. The lowest BCUT2D eigenvalue weighted by Crippen LogP contribution is -2.42. The Labute approximate surface area is 111 Å². The average Bonchev–Trinajstić information content (AvgIpc) is 2.39. The van der Waals surface area contributed by atoms with E-state index in [2.05, 4.69) is 10.6 Å². The van der Waals surface area contributed by atoms with Crippen molar-refractivity contribution in [1.29, 1.82) is 0 Å². The van der Waals surface area contributed by atoms with Gasteiger partial charge in [0.05, 0.1) is 0 Å². The van der Waals surface area contributed by atoms with Crippen molar-refractivity contribution in [3.05, 3.63) is 0 Å². The number of aliphatic hydroxyl groups excluding tert-OH is 1. The number of aliphatic hydroxyl groups is 1. The van der Waals surface area contributed by atoms with Crippen molar-refractivity contribution in [3.63, 3.8) is 0 Å². The van der Waals surface area contributed by atoms with Crippen molar-refractivity contribution in [3.8, 4) is 0 Å². The SMILES string of the molecule is CC(C)C(=O)NCCNCC1(CO)CCCCC1. The highest BCUT2D eigenvalue weighted by Crippen LogP contribution is 2.34. The summed E-state index contributed by atoms with van der Waals surface area (Å²) in [6, 6.07) is 0. The normalized spacial score (nSPS) is 18.9. The van der Waals surface area contributed by atoms with E-state index in [1.807, 2.05) is 13.8 Å². The van der Waals surface area contributed by atoms with Gasteiger partial charge in [0.1, 0.15) is 0 Å². The first kappa shape index (κ1) is 15.4. The molecule has 0 heterocycles. The fraction of sp³-hybridized carbons (Fsp3) is 0.929. The lowest BCUT2D eigenvalue weighted by Gasteiger charge is -2.35. The van der Waals surface area contributed by atoms with Crippen LogP contribution in [0.15, 0.2) is 0 Å². The van der Waals surface area contributed by atoms with Crippen LogP contribution in [0.2, 0.25) is 0 Å². The van der Waals surface area contributed by atoms with Gasteiger partial charge >= 0.3 is 0 Å². The van der Waals surface area contributed by atoms with E-state index in [1.165, 1.54) is 19.3 Å². The van der Waals surface area contributed by atoms with Crippen LogP contribution in [-0.4, -0.2) is 37.3 Å². The third kappa shape index (κ3) is 4.94. The third-order valence-corrected chi connectivity index (χ3v) is 3.88. The summed E-state index contributed by atoms with van der Waals surface area (Å²) < 4.78 is 0. The van der Waals surface area contributed by atoms with Crippen LogP contribution in [0, 0.1) is 11.3 Å². The molecule has 0 aliphatic heterocycles. The summed E-state index contributed by atoms with van der Waals surface area (Å²) in [6.45, 7) is 6.37. The summed E-state index contributed by atoms with van der Waals surface area (Å²) in [6.07, 6.45) is 5.99. The number of rotatable bonds is 7. The molecule has 1 aliphatic carbocycles. The molecule has 0 atom stereocenters. The minimum absolute atomic E-state index is 0.0483. The molecule has 1 fully saturated rings. The van der Waals surface area contributed by atoms with E-state index in [1.54, 1.807) is 0 Å². The summed E-state index contributed by atoms with van der Waals surface area (Å²) in [5.74, 6) is 0.151. The topological polar surface area (TPSA) is 61.4 Å². The number of nitrogens with one attached hydrogen (secondary N) is 2. The fourth-order valence-corrected chi connectivity index (χ4v) is 2.52. The van der Waals surface area contributed by atoms with Crippen molar-refractivity contribution in [2.24, 2.45) is 11.3 Å². The largest absolute Gasteiger partial charge is 0.396 e. The monoisotopic (exact) mass is 256 g/mol. The maximum absolute atomic E-state index is 11.3. The zero-order valence-corrected chi connectivity index (χ0v) is 11.8. The second kappa shape index (κ2) is 7.74. The van der Waals surface area contributed by atoms with Gasteiger partial charge in [-0.2, -0.15) is 0 Å². The van der Waals surface area contributed by atoms with Crippen LogP contribution in [0.25, 0.3) is 0 Å². The summed E-state index contributed by atoms with van der Waals surface area (Å²) >= 11 is 0. The Morgan fingerprint density at radius 1 is 1.22 bits per heavy atom. The highest BCUT2D eigenvalue weighted by atomic mass is 16.3. The Morgan fingerprint density at radius 2 is 1.89 bits per heavy atom. The van der Waals surface area contributed by atoms with Gasteiger partial charge in [0.15, 0.2) is 0 Å². The van der Waals surface area contributed by atoms with Gasteiger partial charge in [0, 0.05) is 37.6 Å². The Morgan fingerprint density at radius 3 is 2.44 bits per heavy atom. The number of carbonyl (C=O) groups excluding carboxylic acids is 1. The van der Waals surface area contributed by atoms with E-state index in [0.717, 1.165) is 25.9 Å². The van der Waals surface area contributed by atoms with E-state index in [-0.39, 0.29) is 23.8 Å². The second-order valence-corrected chi connectivity index (χ2v) is 5.84. The molecule has 0 aromatic carbocycles. The molecule has 4 heteroatoms. The number of hydrogen-bond donors (Lipinski definition) is 3. The smallest absolute Gasteiger partial charge is 0.222 e. The summed E-state index contributed by atoms with van der Waals surface area (Å²) in [5, 5.41) is 15.8. The van der Waals surface area contributed by atoms with Gasteiger partial charge in [-0.05, 0) is 12.8 Å². The second-order valence-electron chi connectivity index (χ2n) is 5.84. The molecule has 0 spiro atoms. The van der Waals surface area contributed by atoms with Crippen molar-refractivity contribution >= 4 is 5.91 Å². The van der Waals surface area contributed by atoms with E-state index < -0.39 is 0 Å². The van der Waals surface area contributed by atoms with Crippen molar-refractivity contribution < 1.29 is 9.90 Å². The Bertz CT molecular complexity index is 248. The molecule has 1 amide bonds. The van der Waals surface area contributed by atoms with Gasteiger partial charge in [0.2, 0.25) is 5.91 Å². The predicted molar refractivity (Wildman–Crippen MR) is 73.3 cm³/mol. The molecule has 1 saturated carbocycles. The molecular formula is C14H28N2O2. The zero-order valence-electron chi connectivity index (χ0n) is 11.8. The van der Waals surface area contributed by atoms with Crippen molar-refractivity contribution in [1.82, 2.24) is 10.6 Å². The first-order chi connectivity index (χ1) is 8.59. The van der Waals surface area contributed by atoms with Gasteiger partial charge in [-0.3, -0.25) is 4.79 Å². The maximum atomic E-state index is 11.3. The van der Waals surface area contributed by atoms with Crippen LogP contribution >= 0.6 is 0 Å². The van der Waals surface area contributed by atoms with Crippen LogP contribution in [0.4, 0.5) is 0 Å². The van der Waals surface area contributed by atoms with Gasteiger partial charge < -0.3 is 15.7 Å². The lowest BCUT2D eigenvalue weighted by molar-refractivity contribution is -0.123. The molecule has 0 bridgehead atoms. The van der Waals surface area contributed by atoms with Crippen LogP contribution in [0.3, 0.4) is 0 Å². The molecular weight excluding hydrogens is 228 g/mol. The maximum Gasteiger partial charge on any atom is 0.222 e. The average molecular weight is 256 g/mol. The van der Waals surface area contributed by atoms with E-state index in [9.17, 15) is 9.90 Å². The molecule has 1 aliphatic rings. The molecule has 0 radical (unpaired) electrons. The lowest BCUT2D eigenvalue weighted by atomic mass is 9.74. The third-order valence-electron chi connectivity index (χ3n) is 3.88. The van der Waals surface area contributed by atoms with Gasteiger partial charge in [0.25, 0.3) is 0 Å². The first-order valence-corrected chi connectivity index (χ1v) is 7.19. The molecule has 3 N–H and O–H groups in total. The first-order valence-electron chi connectivity index (χ1n) is 7.19. The van der Waals surface area contributed by atoms with E-state index >= 15 is 0 Å². The predicted octanol–water partition coefficient (Wildman–Crippen LogP) is 1.29. The van der Waals surface area contributed by atoms with Gasteiger partial charge in [-0.25, -0.2) is 0 Å². The summed E-state index contributed by atoms with van der Waals surface area (Å²) in [5.41, 5.74) is 0.0836. The molecule has 4 nitrogen and oxygen atoms in total. The van der Waals surface area contributed by atoms with Gasteiger partial charge in [-0.15, -0.1) is 0 Å². The molecule has 1 rings (SSSR count). The summed E-state index contributed by atoms with van der Waals surface area (Å²) in [7, 11) is 0. The van der Waals surface area contributed by atoms with Crippen molar-refractivity contribution in [2.45, 2.75) is 46.0 Å². The van der Waals surface area contributed by atoms with Crippen LogP contribution < -0.4 is 10.6 Å². The van der Waals surface area contributed by atoms with Crippen LogP contribution in [0.5, 0.6) is 0 Å². The Hall–Kier alpha value is -0.610. The van der Waals surface area contributed by atoms with Crippen molar-refractivity contribution in [2.75, 3.05) is 26.2 Å².